The van der Waals surface area contributed by atoms with E-state index >= 15 is 0 Å². The summed E-state index contributed by atoms with van der Waals surface area (Å²) in [5.41, 5.74) is 1.35. The van der Waals surface area contributed by atoms with E-state index in [1.54, 1.807) is 0 Å². The number of anilines is 1. The number of rotatable bonds is 4. The van der Waals surface area contributed by atoms with Crippen LogP contribution in [0.15, 0.2) is 17.8 Å². The Labute approximate surface area is 163 Å². The molecule has 1 fully saturated rings. The molecule has 1 saturated heterocycles. The molecule has 1 atom stereocenters. The standard InChI is InChI=1S/C19H27N5O2S/c1-13-9-20-24(10-13)15-6-5-7-23(11-15)16(25)8-14-12-27-18(21-14)22-17(26)19(2,3)4/h9-10,12,15H,5-8,11H2,1-4H3,(H,21,22,26)/t15-/m0/s1. The summed E-state index contributed by atoms with van der Waals surface area (Å²) in [6, 6.07) is 0.230. The van der Waals surface area contributed by atoms with Gasteiger partial charge in [-0.05, 0) is 25.3 Å². The minimum absolute atomic E-state index is 0.0718. The molecule has 0 aromatic carbocycles. The van der Waals surface area contributed by atoms with Crippen LogP contribution in [0.4, 0.5) is 5.13 Å². The predicted molar refractivity (Wildman–Crippen MR) is 106 cm³/mol. The molecule has 2 amide bonds. The van der Waals surface area contributed by atoms with Crippen molar-refractivity contribution in [1.29, 1.82) is 0 Å². The van der Waals surface area contributed by atoms with E-state index in [1.165, 1.54) is 11.3 Å². The fourth-order valence-electron chi connectivity index (χ4n) is 3.03. The van der Waals surface area contributed by atoms with Crippen LogP contribution in [0, 0.1) is 12.3 Å². The number of nitrogens with zero attached hydrogens (tertiary/aromatic N) is 4. The van der Waals surface area contributed by atoms with Crippen LogP contribution in [0.25, 0.3) is 0 Å². The fourth-order valence-corrected chi connectivity index (χ4v) is 3.73. The maximum absolute atomic E-state index is 12.7. The van der Waals surface area contributed by atoms with Gasteiger partial charge in [-0.25, -0.2) is 4.98 Å². The topological polar surface area (TPSA) is 80.1 Å². The number of aryl methyl sites for hydroxylation is 1. The molecule has 7 nitrogen and oxygen atoms in total. The second-order valence-electron chi connectivity index (χ2n) is 8.16. The number of likely N-dealkylation sites (tertiary alicyclic amines) is 1. The number of carbonyl (C=O) groups excluding carboxylic acids is 2. The van der Waals surface area contributed by atoms with Crippen LogP contribution < -0.4 is 5.32 Å². The number of nitrogens with one attached hydrogen (secondary N) is 1. The van der Waals surface area contributed by atoms with E-state index < -0.39 is 5.41 Å². The molecule has 1 aliphatic heterocycles. The van der Waals surface area contributed by atoms with E-state index in [0.717, 1.165) is 24.9 Å². The van der Waals surface area contributed by atoms with E-state index in [2.05, 4.69) is 15.4 Å². The quantitative estimate of drug-likeness (QED) is 0.872. The minimum atomic E-state index is -0.477. The zero-order valence-corrected chi connectivity index (χ0v) is 17.2. The van der Waals surface area contributed by atoms with Crippen molar-refractivity contribution in [1.82, 2.24) is 19.7 Å². The number of aromatic nitrogens is 3. The lowest BCUT2D eigenvalue weighted by atomic mass is 9.96. The second kappa shape index (κ2) is 7.80. The van der Waals surface area contributed by atoms with Gasteiger partial charge in [-0.2, -0.15) is 5.10 Å². The van der Waals surface area contributed by atoms with Crippen LogP contribution in [-0.4, -0.2) is 44.6 Å². The van der Waals surface area contributed by atoms with E-state index in [-0.39, 0.29) is 24.3 Å². The number of hydrogen-bond acceptors (Lipinski definition) is 5. The molecule has 1 aliphatic rings. The first-order valence-corrected chi connectivity index (χ1v) is 10.1. The third-order valence-electron chi connectivity index (χ3n) is 4.64. The Morgan fingerprint density at radius 3 is 2.81 bits per heavy atom. The maximum atomic E-state index is 12.7. The summed E-state index contributed by atoms with van der Waals surface area (Å²) in [6.45, 7) is 9.04. The number of amides is 2. The number of piperidine rings is 1. The van der Waals surface area contributed by atoms with Crippen molar-refractivity contribution in [2.24, 2.45) is 5.41 Å². The van der Waals surface area contributed by atoms with Gasteiger partial charge in [0.05, 0.1) is 24.4 Å². The fraction of sp³-hybridized carbons (Fsp3) is 0.579. The van der Waals surface area contributed by atoms with Crippen LogP contribution in [0.3, 0.4) is 0 Å². The molecule has 0 unspecified atom stereocenters. The average molecular weight is 390 g/mol. The van der Waals surface area contributed by atoms with Gasteiger partial charge in [-0.3, -0.25) is 14.3 Å². The van der Waals surface area contributed by atoms with Crippen molar-refractivity contribution in [3.05, 3.63) is 29.0 Å². The van der Waals surface area contributed by atoms with Gasteiger partial charge in [-0.1, -0.05) is 20.8 Å². The molecule has 3 heterocycles. The van der Waals surface area contributed by atoms with Crippen molar-refractivity contribution >= 4 is 28.3 Å². The molecule has 3 rings (SSSR count). The van der Waals surface area contributed by atoms with Gasteiger partial charge in [-0.15, -0.1) is 11.3 Å². The highest BCUT2D eigenvalue weighted by Crippen LogP contribution is 2.24. The predicted octanol–water partition coefficient (Wildman–Crippen LogP) is 3.04. The molecule has 1 N–H and O–H groups in total. The highest BCUT2D eigenvalue weighted by Gasteiger charge is 2.26. The second-order valence-corrected chi connectivity index (χ2v) is 9.02. The van der Waals surface area contributed by atoms with Crippen molar-refractivity contribution < 1.29 is 9.59 Å². The van der Waals surface area contributed by atoms with Gasteiger partial charge >= 0.3 is 0 Å². The van der Waals surface area contributed by atoms with Gasteiger partial charge in [0, 0.05) is 30.1 Å². The Morgan fingerprint density at radius 2 is 2.15 bits per heavy atom. The first-order chi connectivity index (χ1) is 12.7. The van der Waals surface area contributed by atoms with Gasteiger partial charge in [0.25, 0.3) is 0 Å². The Bertz CT molecular complexity index is 820. The van der Waals surface area contributed by atoms with Crippen molar-refractivity contribution in [2.75, 3.05) is 18.4 Å². The molecule has 8 heteroatoms. The molecule has 0 saturated carbocycles. The van der Waals surface area contributed by atoms with Crippen LogP contribution in [0.5, 0.6) is 0 Å². The summed E-state index contributed by atoms with van der Waals surface area (Å²) in [7, 11) is 0. The molecule has 146 valence electrons. The van der Waals surface area contributed by atoms with Crippen molar-refractivity contribution in [3.63, 3.8) is 0 Å². The Morgan fingerprint density at radius 1 is 1.37 bits per heavy atom. The summed E-state index contributed by atoms with van der Waals surface area (Å²) >= 11 is 1.35. The van der Waals surface area contributed by atoms with Crippen LogP contribution >= 0.6 is 11.3 Å². The normalized spacial score (nSPS) is 17.8. The first-order valence-electron chi connectivity index (χ1n) is 9.27. The van der Waals surface area contributed by atoms with Crippen molar-refractivity contribution in [3.8, 4) is 0 Å². The van der Waals surface area contributed by atoms with Crippen LogP contribution in [0.2, 0.25) is 0 Å². The molecule has 0 aliphatic carbocycles. The Kier molecular flexibility index (Phi) is 5.64. The molecule has 0 radical (unpaired) electrons. The molecule has 0 bridgehead atoms. The highest BCUT2D eigenvalue weighted by atomic mass is 32.1. The highest BCUT2D eigenvalue weighted by molar-refractivity contribution is 7.13. The zero-order valence-electron chi connectivity index (χ0n) is 16.4. The molecular weight excluding hydrogens is 362 g/mol. The number of hydrogen-bond donors (Lipinski definition) is 1. The Balaban J connectivity index is 1.58. The number of carbonyl (C=O) groups is 2. The summed E-state index contributed by atoms with van der Waals surface area (Å²) in [5, 5.41) is 9.60. The summed E-state index contributed by atoms with van der Waals surface area (Å²) in [6.07, 6.45) is 6.14. The third kappa shape index (κ3) is 4.94. The molecule has 2 aromatic heterocycles. The van der Waals surface area contributed by atoms with Gasteiger partial charge in [0.2, 0.25) is 11.8 Å². The summed E-state index contributed by atoms with van der Waals surface area (Å²) in [4.78, 5) is 31.1. The number of thiazole rings is 1. The molecule has 2 aromatic rings. The molecular formula is C19H27N5O2S. The Hall–Kier alpha value is -2.22. The van der Waals surface area contributed by atoms with Crippen LogP contribution in [-0.2, 0) is 16.0 Å². The van der Waals surface area contributed by atoms with E-state index in [4.69, 9.17) is 0 Å². The van der Waals surface area contributed by atoms with E-state index in [0.29, 0.717) is 17.4 Å². The van der Waals surface area contributed by atoms with Gasteiger partial charge in [0.15, 0.2) is 5.13 Å². The average Bonchev–Trinajstić information content (AvgIpc) is 3.23. The smallest absolute Gasteiger partial charge is 0.231 e. The maximum Gasteiger partial charge on any atom is 0.231 e. The lowest BCUT2D eigenvalue weighted by Crippen LogP contribution is -2.41. The SMILES string of the molecule is Cc1cnn([C@H]2CCCN(C(=O)Cc3csc(NC(=O)C(C)(C)C)n3)C2)c1. The van der Waals surface area contributed by atoms with Gasteiger partial charge in [0.1, 0.15) is 0 Å². The summed E-state index contributed by atoms with van der Waals surface area (Å²) < 4.78 is 1.97. The minimum Gasteiger partial charge on any atom is -0.340 e. The van der Waals surface area contributed by atoms with Crippen LogP contribution in [0.1, 0.15) is 50.9 Å². The third-order valence-corrected chi connectivity index (χ3v) is 5.45. The monoisotopic (exact) mass is 389 g/mol. The largest absolute Gasteiger partial charge is 0.340 e. The molecule has 0 spiro atoms. The van der Waals surface area contributed by atoms with Gasteiger partial charge < -0.3 is 10.2 Å². The first kappa shape index (κ1) is 19.5. The zero-order chi connectivity index (χ0) is 19.6. The lowest BCUT2D eigenvalue weighted by molar-refractivity contribution is -0.132. The van der Waals surface area contributed by atoms with Crippen molar-refractivity contribution in [2.45, 2.75) is 53.0 Å². The lowest BCUT2D eigenvalue weighted by Gasteiger charge is -2.32. The van der Waals surface area contributed by atoms with E-state index in [1.807, 2.05) is 55.1 Å². The molecule has 27 heavy (non-hydrogen) atoms. The van der Waals surface area contributed by atoms with E-state index in [9.17, 15) is 9.59 Å². The summed E-state index contributed by atoms with van der Waals surface area (Å²) in [5.74, 6) is -0.00862.